The van der Waals surface area contributed by atoms with Gasteiger partial charge in [0, 0.05) is 25.3 Å². The van der Waals surface area contributed by atoms with Gasteiger partial charge in [-0.3, -0.25) is 0 Å². The van der Waals surface area contributed by atoms with Gasteiger partial charge < -0.3 is 10.6 Å². The minimum absolute atomic E-state index is 0.0933. The minimum Gasteiger partial charge on any atom is -0.374 e. The smallest absolute Gasteiger partial charge is 0.0412 e. The van der Waals surface area contributed by atoms with Crippen molar-refractivity contribution in [1.29, 1.82) is 0 Å². The Balaban J connectivity index is 2.92. The predicted octanol–water partition coefficient (Wildman–Crippen LogP) is 2.80. The van der Waals surface area contributed by atoms with Crippen LogP contribution in [0.4, 0.5) is 5.69 Å². The summed E-state index contributed by atoms with van der Waals surface area (Å²) in [5.41, 5.74) is 8.43. The second kappa shape index (κ2) is 5.17. The Hall–Kier alpha value is -1.02. The highest BCUT2D eigenvalue weighted by molar-refractivity contribution is 5.54. The first-order chi connectivity index (χ1) is 7.02. The summed E-state index contributed by atoms with van der Waals surface area (Å²) in [6.07, 6.45) is 0. The van der Waals surface area contributed by atoms with E-state index in [1.54, 1.807) is 0 Å². The van der Waals surface area contributed by atoms with Crippen molar-refractivity contribution in [2.75, 3.05) is 18.5 Å². The van der Waals surface area contributed by atoms with Gasteiger partial charge in [0.2, 0.25) is 0 Å². The molecule has 1 aromatic rings. The SMILES string of the molecule is CC(C)CN(C)c1ccccc1[C@H](C)N. The maximum Gasteiger partial charge on any atom is 0.0412 e. The second-order valence-corrected chi connectivity index (χ2v) is 4.62. The molecule has 0 aliphatic carbocycles. The van der Waals surface area contributed by atoms with Crippen LogP contribution in [0.2, 0.25) is 0 Å². The molecule has 0 unspecified atom stereocenters. The molecule has 0 fully saturated rings. The minimum atomic E-state index is 0.0933. The largest absolute Gasteiger partial charge is 0.374 e. The van der Waals surface area contributed by atoms with Crippen molar-refractivity contribution in [2.24, 2.45) is 11.7 Å². The van der Waals surface area contributed by atoms with E-state index in [1.165, 1.54) is 11.3 Å². The fourth-order valence-electron chi connectivity index (χ4n) is 1.87. The van der Waals surface area contributed by atoms with Crippen LogP contribution in [0.25, 0.3) is 0 Å². The lowest BCUT2D eigenvalue weighted by molar-refractivity contribution is 0.635. The number of anilines is 1. The monoisotopic (exact) mass is 206 g/mol. The number of nitrogens with two attached hydrogens (primary N) is 1. The summed E-state index contributed by atoms with van der Waals surface area (Å²) in [7, 11) is 2.13. The molecule has 0 aromatic heterocycles. The summed E-state index contributed by atoms with van der Waals surface area (Å²) in [6, 6.07) is 8.46. The van der Waals surface area contributed by atoms with Crippen LogP contribution in [0, 0.1) is 5.92 Å². The molecule has 0 bridgehead atoms. The third kappa shape index (κ3) is 3.24. The molecule has 0 aliphatic rings. The van der Waals surface area contributed by atoms with E-state index in [4.69, 9.17) is 5.73 Å². The molecule has 1 aromatic carbocycles. The molecule has 0 spiro atoms. The zero-order chi connectivity index (χ0) is 11.4. The summed E-state index contributed by atoms with van der Waals surface area (Å²) in [6.45, 7) is 7.54. The van der Waals surface area contributed by atoms with Gasteiger partial charge in [-0.15, -0.1) is 0 Å². The topological polar surface area (TPSA) is 29.3 Å². The van der Waals surface area contributed by atoms with Crippen LogP contribution in [-0.4, -0.2) is 13.6 Å². The number of rotatable bonds is 4. The molecule has 1 atom stereocenters. The van der Waals surface area contributed by atoms with Crippen molar-refractivity contribution in [2.45, 2.75) is 26.8 Å². The summed E-state index contributed by atoms with van der Waals surface area (Å²) < 4.78 is 0. The Morgan fingerprint density at radius 1 is 1.20 bits per heavy atom. The summed E-state index contributed by atoms with van der Waals surface area (Å²) >= 11 is 0. The third-order valence-corrected chi connectivity index (χ3v) is 2.48. The van der Waals surface area contributed by atoms with E-state index in [0.29, 0.717) is 5.92 Å². The van der Waals surface area contributed by atoms with Crippen LogP contribution >= 0.6 is 0 Å². The van der Waals surface area contributed by atoms with Gasteiger partial charge in [0.25, 0.3) is 0 Å². The van der Waals surface area contributed by atoms with Crippen molar-refractivity contribution in [3.8, 4) is 0 Å². The third-order valence-electron chi connectivity index (χ3n) is 2.48. The number of hydrogen-bond acceptors (Lipinski definition) is 2. The molecule has 0 saturated carbocycles. The fourth-order valence-corrected chi connectivity index (χ4v) is 1.87. The normalized spacial score (nSPS) is 12.9. The van der Waals surface area contributed by atoms with Crippen molar-refractivity contribution in [3.63, 3.8) is 0 Å². The van der Waals surface area contributed by atoms with E-state index in [-0.39, 0.29) is 6.04 Å². The van der Waals surface area contributed by atoms with Gasteiger partial charge in [-0.25, -0.2) is 0 Å². The van der Waals surface area contributed by atoms with E-state index in [0.717, 1.165) is 6.54 Å². The molecule has 0 amide bonds. The Kier molecular flexibility index (Phi) is 4.15. The summed E-state index contributed by atoms with van der Waals surface area (Å²) in [4.78, 5) is 2.28. The van der Waals surface area contributed by atoms with Crippen molar-refractivity contribution in [1.82, 2.24) is 0 Å². The van der Waals surface area contributed by atoms with Crippen LogP contribution < -0.4 is 10.6 Å². The van der Waals surface area contributed by atoms with Gasteiger partial charge in [0.15, 0.2) is 0 Å². The summed E-state index contributed by atoms with van der Waals surface area (Å²) in [5.74, 6) is 0.663. The van der Waals surface area contributed by atoms with Gasteiger partial charge in [-0.1, -0.05) is 32.0 Å². The standard InChI is InChI=1S/C13H22N2/c1-10(2)9-15(4)13-8-6-5-7-12(13)11(3)14/h5-8,10-11H,9,14H2,1-4H3/t11-/m0/s1. The van der Waals surface area contributed by atoms with E-state index in [2.05, 4.69) is 44.0 Å². The van der Waals surface area contributed by atoms with Crippen molar-refractivity contribution >= 4 is 5.69 Å². The Morgan fingerprint density at radius 2 is 1.80 bits per heavy atom. The number of para-hydroxylation sites is 1. The highest BCUT2D eigenvalue weighted by atomic mass is 15.1. The van der Waals surface area contributed by atoms with Gasteiger partial charge in [0.05, 0.1) is 0 Å². The predicted molar refractivity (Wildman–Crippen MR) is 67.2 cm³/mol. The zero-order valence-corrected chi connectivity index (χ0v) is 10.2. The Bertz CT molecular complexity index is 305. The number of nitrogens with zero attached hydrogens (tertiary/aromatic N) is 1. The molecule has 0 saturated heterocycles. The molecule has 2 heteroatoms. The number of benzene rings is 1. The van der Waals surface area contributed by atoms with Crippen LogP contribution in [-0.2, 0) is 0 Å². The van der Waals surface area contributed by atoms with Gasteiger partial charge in [0.1, 0.15) is 0 Å². The molecular formula is C13H22N2. The maximum atomic E-state index is 5.96. The highest BCUT2D eigenvalue weighted by Crippen LogP contribution is 2.24. The first-order valence-electron chi connectivity index (χ1n) is 5.58. The van der Waals surface area contributed by atoms with Gasteiger partial charge >= 0.3 is 0 Å². The Morgan fingerprint density at radius 3 is 2.33 bits per heavy atom. The molecular weight excluding hydrogens is 184 g/mol. The van der Waals surface area contributed by atoms with Crippen LogP contribution in [0.3, 0.4) is 0 Å². The van der Waals surface area contributed by atoms with E-state index in [9.17, 15) is 0 Å². The lowest BCUT2D eigenvalue weighted by Gasteiger charge is -2.25. The molecule has 0 radical (unpaired) electrons. The average Bonchev–Trinajstić information content (AvgIpc) is 2.16. The highest BCUT2D eigenvalue weighted by Gasteiger charge is 2.10. The van der Waals surface area contributed by atoms with Crippen LogP contribution in [0.1, 0.15) is 32.4 Å². The van der Waals surface area contributed by atoms with E-state index < -0.39 is 0 Å². The molecule has 0 aliphatic heterocycles. The van der Waals surface area contributed by atoms with Gasteiger partial charge in [-0.2, -0.15) is 0 Å². The Labute approximate surface area is 93.1 Å². The van der Waals surface area contributed by atoms with Crippen molar-refractivity contribution < 1.29 is 0 Å². The summed E-state index contributed by atoms with van der Waals surface area (Å²) in [5, 5.41) is 0. The molecule has 0 heterocycles. The van der Waals surface area contributed by atoms with E-state index >= 15 is 0 Å². The van der Waals surface area contributed by atoms with Gasteiger partial charge in [-0.05, 0) is 24.5 Å². The molecule has 84 valence electrons. The van der Waals surface area contributed by atoms with E-state index in [1.807, 2.05) is 13.0 Å². The zero-order valence-electron chi connectivity index (χ0n) is 10.2. The maximum absolute atomic E-state index is 5.96. The van der Waals surface area contributed by atoms with Crippen LogP contribution in [0.15, 0.2) is 24.3 Å². The lowest BCUT2D eigenvalue weighted by Crippen LogP contribution is -2.24. The molecule has 2 N–H and O–H groups in total. The molecule has 1 rings (SSSR count). The second-order valence-electron chi connectivity index (χ2n) is 4.62. The lowest BCUT2D eigenvalue weighted by atomic mass is 10.1. The number of hydrogen-bond donors (Lipinski definition) is 1. The first-order valence-corrected chi connectivity index (χ1v) is 5.58. The molecule has 2 nitrogen and oxygen atoms in total. The molecule has 15 heavy (non-hydrogen) atoms. The van der Waals surface area contributed by atoms with Crippen molar-refractivity contribution in [3.05, 3.63) is 29.8 Å². The van der Waals surface area contributed by atoms with Crippen LogP contribution in [0.5, 0.6) is 0 Å². The quantitative estimate of drug-likeness (QED) is 0.820. The average molecular weight is 206 g/mol. The first kappa shape index (κ1) is 12.1. The fraction of sp³-hybridized carbons (Fsp3) is 0.538.